The Bertz CT molecular complexity index is 367. The van der Waals surface area contributed by atoms with E-state index in [0.29, 0.717) is 19.6 Å². The molecule has 1 atom stereocenters. The molecule has 1 aromatic rings. The van der Waals surface area contributed by atoms with Gasteiger partial charge >= 0.3 is 5.97 Å². The minimum atomic E-state index is -0.840. The van der Waals surface area contributed by atoms with Gasteiger partial charge in [0.1, 0.15) is 5.54 Å². The second-order valence-corrected chi connectivity index (χ2v) is 3.98. The van der Waals surface area contributed by atoms with Crippen molar-refractivity contribution in [1.82, 2.24) is 5.32 Å². The Morgan fingerprint density at radius 2 is 2.00 bits per heavy atom. The number of esters is 1. The molecular weight excluding hydrogens is 230 g/mol. The van der Waals surface area contributed by atoms with Crippen LogP contribution in [0.3, 0.4) is 0 Å². The molecule has 0 fully saturated rings. The summed E-state index contributed by atoms with van der Waals surface area (Å²) < 4.78 is 10.3. The molecule has 0 aliphatic carbocycles. The van der Waals surface area contributed by atoms with E-state index in [2.05, 4.69) is 5.32 Å². The molecule has 4 nitrogen and oxygen atoms in total. The fourth-order valence-corrected chi connectivity index (χ4v) is 1.97. The number of nitrogens with one attached hydrogen (secondary N) is 1. The van der Waals surface area contributed by atoms with Gasteiger partial charge in [0.05, 0.1) is 6.61 Å². The van der Waals surface area contributed by atoms with E-state index in [-0.39, 0.29) is 5.97 Å². The minimum absolute atomic E-state index is 0.268. The smallest absolute Gasteiger partial charge is 0.331 e. The molecular formula is C14H21NO3. The average Bonchev–Trinajstić information content (AvgIpc) is 2.42. The van der Waals surface area contributed by atoms with Crippen LogP contribution in [-0.2, 0) is 19.8 Å². The van der Waals surface area contributed by atoms with Crippen LogP contribution in [0, 0.1) is 0 Å². The molecule has 0 spiro atoms. The van der Waals surface area contributed by atoms with Gasteiger partial charge in [-0.05, 0) is 19.5 Å². The van der Waals surface area contributed by atoms with Crippen molar-refractivity contribution in [1.29, 1.82) is 0 Å². The zero-order valence-electron chi connectivity index (χ0n) is 11.2. The van der Waals surface area contributed by atoms with Gasteiger partial charge < -0.3 is 14.8 Å². The molecule has 18 heavy (non-hydrogen) atoms. The largest absolute Gasteiger partial charge is 0.464 e. The molecule has 0 heterocycles. The second kappa shape index (κ2) is 7.13. The summed E-state index contributed by atoms with van der Waals surface area (Å²) in [6.07, 6.45) is 0.531. The molecule has 0 aliphatic heterocycles. The van der Waals surface area contributed by atoms with E-state index in [1.165, 1.54) is 0 Å². The lowest BCUT2D eigenvalue weighted by molar-refractivity contribution is -0.152. The number of likely N-dealkylation sites (N-methyl/N-ethyl adjacent to an activating group) is 1. The summed E-state index contributed by atoms with van der Waals surface area (Å²) >= 11 is 0. The summed E-state index contributed by atoms with van der Waals surface area (Å²) in [5.41, 5.74) is 0.0517. The Morgan fingerprint density at radius 1 is 1.33 bits per heavy atom. The quantitative estimate of drug-likeness (QED) is 0.749. The first-order valence-electron chi connectivity index (χ1n) is 6.12. The highest BCUT2D eigenvalue weighted by Gasteiger charge is 2.39. The number of ether oxygens (including phenoxy) is 2. The number of hydrogen-bond donors (Lipinski definition) is 1. The summed E-state index contributed by atoms with van der Waals surface area (Å²) in [6.45, 7) is 2.65. The van der Waals surface area contributed by atoms with Gasteiger partial charge in [-0.15, -0.1) is 0 Å². The van der Waals surface area contributed by atoms with Crippen molar-refractivity contribution in [2.45, 2.75) is 18.9 Å². The second-order valence-electron chi connectivity index (χ2n) is 3.98. The molecule has 0 aliphatic rings. The van der Waals surface area contributed by atoms with Gasteiger partial charge in [0.2, 0.25) is 0 Å². The molecule has 1 unspecified atom stereocenters. The number of methoxy groups -OCH3 is 1. The van der Waals surface area contributed by atoms with E-state index >= 15 is 0 Å². The van der Waals surface area contributed by atoms with E-state index in [1.807, 2.05) is 30.3 Å². The summed E-state index contributed by atoms with van der Waals surface area (Å²) in [5.74, 6) is -0.268. The molecule has 100 valence electrons. The Balaban J connectivity index is 3.09. The molecule has 0 aromatic heterocycles. The summed E-state index contributed by atoms with van der Waals surface area (Å²) in [4.78, 5) is 12.3. The van der Waals surface area contributed by atoms with Gasteiger partial charge in [0.15, 0.2) is 0 Å². The van der Waals surface area contributed by atoms with Gasteiger partial charge in [-0.25, -0.2) is 4.79 Å². The van der Waals surface area contributed by atoms with Gasteiger partial charge in [-0.3, -0.25) is 0 Å². The van der Waals surface area contributed by atoms with Crippen LogP contribution < -0.4 is 5.32 Å². The first-order chi connectivity index (χ1) is 8.71. The van der Waals surface area contributed by atoms with E-state index in [9.17, 15) is 4.79 Å². The highest BCUT2D eigenvalue weighted by molar-refractivity contribution is 5.82. The van der Waals surface area contributed by atoms with Crippen LogP contribution in [0.1, 0.15) is 18.9 Å². The van der Waals surface area contributed by atoms with Crippen LogP contribution in [0.2, 0.25) is 0 Å². The van der Waals surface area contributed by atoms with Crippen molar-refractivity contribution >= 4 is 5.97 Å². The third-order valence-corrected chi connectivity index (χ3v) is 3.00. The number of rotatable bonds is 7. The zero-order chi connectivity index (χ0) is 13.4. The van der Waals surface area contributed by atoms with Crippen LogP contribution in [-0.4, -0.2) is 33.3 Å². The molecule has 4 heteroatoms. The third kappa shape index (κ3) is 3.09. The number of benzene rings is 1. The maximum absolute atomic E-state index is 12.3. The van der Waals surface area contributed by atoms with E-state index in [4.69, 9.17) is 9.47 Å². The van der Waals surface area contributed by atoms with Crippen LogP contribution >= 0.6 is 0 Å². The highest BCUT2D eigenvalue weighted by atomic mass is 16.5. The van der Waals surface area contributed by atoms with Crippen LogP contribution in [0.15, 0.2) is 30.3 Å². The third-order valence-electron chi connectivity index (χ3n) is 3.00. The van der Waals surface area contributed by atoms with Crippen molar-refractivity contribution in [3.8, 4) is 0 Å². The van der Waals surface area contributed by atoms with Crippen molar-refractivity contribution in [3.63, 3.8) is 0 Å². The lowest BCUT2D eigenvalue weighted by Gasteiger charge is -2.31. The molecule has 0 saturated carbocycles. The van der Waals surface area contributed by atoms with Gasteiger partial charge in [-0.2, -0.15) is 0 Å². The zero-order valence-corrected chi connectivity index (χ0v) is 11.2. The lowest BCUT2D eigenvalue weighted by atomic mass is 9.87. The predicted octanol–water partition coefficient (Wildman–Crippen LogP) is 1.70. The average molecular weight is 251 g/mol. The van der Waals surface area contributed by atoms with Crippen LogP contribution in [0.5, 0.6) is 0 Å². The molecule has 1 N–H and O–H groups in total. The van der Waals surface area contributed by atoms with E-state index in [1.54, 1.807) is 21.1 Å². The molecule has 0 amide bonds. The van der Waals surface area contributed by atoms with Crippen molar-refractivity contribution in [3.05, 3.63) is 35.9 Å². The molecule has 0 saturated heterocycles. The Morgan fingerprint density at radius 3 is 2.50 bits per heavy atom. The lowest BCUT2D eigenvalue weighted by Crippen LogP contribution is -2.49. The highest BCUT2D eigenvalue weighted by Crippen LogP contribution is 2.26. The molecule has 1 rings (SSSR count). The van der Waals surface area contributed by atoms with Gasteiger partial charge in [0, 0.05) is 20.1 Å². The number of carbonyl (C=O) groups excluding carboxylic acids is 1. The van der Waals surface area contributed by atoms with Gasteiger partial charge in [0.25, 0.3) is 0 Å². The Labute approximate surface area is 108 Å². The van der Waals surface area contributed by atoms with Crippen molar-refractivity contribution < 1.29 is 14.3 Å². The molecule has 0 bridgehead atoms. The fraction of sp³-hybridized carbons (Fsp3) is 0.500. The first-order valence-corrected chi connectivity index (χ1v) is 6.12. The van der Waals surface area contributed by atoms with Crippen LogP contribution in [0.4, 0.5) is 0 Å². The Hall–Kier alpha value is -1.39. The maximum atomic E-state index is 12.3. The standard InChI is InChI=1S/C14H21NO3/c1-4-18-13(16)14(15-2,10-11-17-3)12-8-6-5-7-9-12/h5-9,15H,4,10-11H2,1-3H3. The van der Waals surface area contributed by atoms with Crippen LogP contribution in [0.25, 0.3) is 0 Å². The van der Waals surface area contributed by atoms with E-state index < -0.39 is 5.54 Å². The monoisotopic (exact) mass is 251 g/mol. The first kappa shape index (κ1) is 14.7. The van der Waals surface area contributed by atoms with Crippen molar-refractivity contribution in [2.24, 2.45) is 0 Å². The topological polar surface area (TPSA) is 47.6 Å². The number of carbonyl (C=O) groups is 1. The maximum Gasteiger partial charge on any atom is 0.331 e. The van der Waals surface area contributed by atoms with E-state index in [0.717, 1.165) is 5.56 Å². The summed E-state index contributed by atoms with van der Waals surface area (Å²) in [6, 6.07) is 9.58. The van der Waals surface area contributed by atoms with Gasteiger partial charge in [-0.1, -0.05) is 30.3 Å². The minimum Gasteiger partial charge on any atom is -0.464 e. The Kier molecular flexibility index (Phi) is 5.82. The van der Waals surface area contributed by atoms with Crippen molar-refractivity contribution in [2.75, 3.05) is 27.4 Å². The predicted molar refractivity (Wildman–Crippen MR) is 70.3 cm³/mol. The molecule has 0 radical (unpaired) electrons. The summed E-state index contributed by atoms with van der Waals surface area (Å²) in [5, 5.41) is 3.10. The number of hydrogen-bond acceptors (Lipinski definition) is 4. The SMILES string of the molecule is CCOC(=O)C(CCOC)(NC)c1ccccc1. The normalized spacial score (nSPS) is 13.9. The fourth-order valence-electron chi connectivity index (χ4n) is 1.97. The summed E-state index contributed by atoms with van der Waals surface area (Å²) in [7, 11) is 3.39. The molecule has 1 aromatic carbocycles.